The van der Waals surface area contributed by atoms with Crippen LogP contribution in [-0.2, 0) is 4.74 Å². The molecule has 0 spiro atoms. The number of nitrogens with one attached hydrogen (secondary N) is 1. The van der Waals surface area contributed by atoms with Crippen molar-refractivity contribution in [3.63, 3.8) is 0 Å². The Balaban J connectivity index is 1.37. The van der Waals surface area contributed by atoms with Gasteiger partial charge in [0, 0.05) is 17.8 Å². The van der Waals surface area contributed by atoms with Crippen LogP contribution in [0.5, 0.6) is 11.5 Å². The van der Waals surface area contributed by atoms with Crippen LogP contribution in [0.25, 0.3) is 16.9 Å². The molecule has 9 nitrogen and oxygen atoms in total. The van der Waals surface area contributed by atoms with Crippen LogP contribution in [0.1, 0.15) is 52.9 Å². The van der Waals surface area contributed by atoms with Gasteiger partial charge in [0.2, 0.25) is 0 Å². The summed E-state index contributed by atoms with van der Waals surface area (Å²) in [7, 11) is 0. The molecule has 0 unspecified atom stereocenters. The van der Waals surface area contributed by atoms with Crippen LogP contribution < -0.4 is 14.8 Å². The fourth-order valence-electron chi connectivity index (χ4n) is 4.52. The summed E-state index contributed by atoms with van der Waals surface area (Å²) in [5, 5.41) is 7.25. The lowest BCUT2D eigenvalue weighted by Crippen LogP contribution is -2.41. The van der Waals surface area contributed by atoms with Crippen molar-refractivity contribution in [2.24, 2.45) is 5.92 Å². The molecule has 216 valence electrons. The summed E-state index contributed by atoms with van der Waals surface area (Å²) < 4.78 is 55.3. The topological polar surface area (TPSA) is 100 Å². The van der Waals surface area contributed by atoms with Gasteiger partial charge in [-0.3, -0.25) is 0 Å². The van der Waals surface area contributed by atoms with E-state index in [1.807, 2.05) is 20.8 Å². The van der Waals surface area contributed by atoms with Crippen molar-refractivity contribution in [1.82, 2.24) is 25.1 Å². The number of ether oxygens (including phenoxy) is 3. The van der Waals surface area contributed by atoms with Crippen molar-refractivity contribution in [3.05, 3.63) is 48.1 Å². The van der Waals surface area contributed by atoms with E-state index in [9.17, 15) is 18.0 Å². The van der Waals surface area contributed by atoms with Gasteiger partial charge in [0.15, 0.2) is 16.7 Å². The zero-order valence-electron chi connectivity index (χ0n) is 22.4. The third kappa shape index (κ3) is 8.23. The SMILES string of the molecule is CC(C)(C)OC(=O)NC1CCC(CCOc2c(Cl)ncnc2-c2cnn(-c3ccccc3OC(F)(F)F)c2)CC1. The highest BCUT2D eigenvalue weighted by Crippen LogP contribution is 2.35. The first-order chi connectivity index (χ1) is 18.9. The van der Waals surface area contributed by atoms with E-state index in [-0.39, 0.29) is 22.6 Å². The number of amides is 1. The van der Waals surface area contributed by atoms with Gasteiger partial charge in [-0.2, -0.15) is 5.10 Å². The number of carbonyl (C=O) groups is 1. The molecule has 4 rings (SSSR count). The maximum absolute atomic E-state index is 12.9. The average molecular weight is 582 g/mol. The largest absolute Gasteiger partial charge is 0.573 e. The molecule has 0 aliphatic heterocycles. The van der Waals surface area contributed by atoms with Crippen LogP contribution in [0.4, 0.5) is 18.0 Å². The molecule has 13 heteroatoms. The minimum atomic E-state index is -4.85. The highest BCUT2D eigenvalue weighted by atomic mass is 35.5. The molecule has 1 fully saturated rings. The first-order valence-electron chi connectivity index (χ1n) is 12.9. The van der Waals surface area contributed by atoms with E-state index in [1.165, 1.54) is 41.6 Å². The number of hydrogen-bond donors (Lipinski definition) is 1. The minimum absolute atomic E-state index is 0.0822. The molecule has 3 aromatic rings. The second-order valence-corrected chi connectivity index (χ2v) is 10.9. The molecule has 2 heterocycles. The zero-order valence-corrected chi connectivity index (χ0v) is 23.1. The van der Waals surface area contributed by atoms with Crippen molar-refractivity contribution >= 4 is 17.7 Å². The smallest absolute Gasteiger partial charge is 0.488 e. The molecule has 1 aromatic carbocycles. The van der Waals surface area contributed by atoms with Crippen molar-refractivity contribution in [2.45, 2.75) is 70.9 Å². The van der Waals surface area contributed by atoms with E-state index in [4.69, 9.17) is 21.1 Å². The van der Waals surface area contributed by atoms with Gasteiger partial charge < -0.3 is 19.5 Å². The highest BCUT2D eigenvalue weighted by molar-refractivity contribution is 6.31. The number of aromatic nitrogens is 4. The fraction of sp³-hybridized carbons (Fsp3) is 0.481. The van der Waals surface area contributed by atoms with Gasteiger partial charge in [-0.15, -0.1) is 13.2 Å². The van der Waals surface area contributed by atoms with E-state index < -0.39 is 23.8 Å². The van der Waals surface area contributed by atoms with Gasteiger partial charge in [-0.25, -0.2) is 19.4 Å². The predicted octanol–water partition coefficient (Wildman–Crippen LogP) is 6.73. The van der Waals surface area contributed by atoms with E-state index in [1.54, 1.807) is 6.07 Å². The Hall–Kier alpha value is -3.54. The number of para-hydroxylation sites is 2. The quantitative estimate of drug-likeness (QED) is 0.294. The Kier molecular flexibility index (Phi) is 9.07. The van der Waals surface area contributed by atoms with E-state index in [2.05, 4.69) is 25.1 Å². The molecule has 1 aliphatic carbocycles. The summed E-state index contributed by atoms with van der Waals surface area (Å²) >= 11 is 6.34. The highest BCUT2D eigenvalue weighted by Gasteiger charge is 2.32. The van der Waals surface area contributed by atoms with E-state index in [0.717, 1.165) is 32.1 Å². The Morgan fingerprint density at radius 3 is 2.55 bits per heavy atom. The molecule has 0 saturated heterocycles. The minimum Gasteiger partial charge on any atom is -0.488 e. The Labute approximate surface area is 235 Å². The second-order valence-electron chi connectivity index (χ2n) is 10.5. The standard InChI is InChI=1S/C27H31ClF3N5O4/c1-26(2,3)40-25(37)35-19-10-8-17(9-11-19)12-13-38-23-22(32-16-33-24(23)28)18-14-34-36(15-18)20-6-4-5-7-21(20)39-27(29,30)31/h4-7,14-17,19H,8-13H2,1-3H3,(H,35,37). The molecule has 2 aromatic heterocycles. The Morgan fingerprint density at radius 1 is 1.12 bits per heavy atom. The molecule has 1 amide bonds. The predicted molar refractivity (Wildman–Crippen MR) is 142 cm³/mol. The summed E-state index contributed by atoms with van der Waals surface area (Å²) in [5.41, 5.74) is 0.413. The molecule has 40 heavy (non-hydrogen) atoms. The Morgan fingerprint density at radius 2 is 1.85 bits per heavy atom. The van der Waals surface area contributed by atoms with Crippen molar-refractivity contribution in [2.75, 3.05) is 6.61 Å². The van der Waals surface area contributed by atoms with Gasteiger partial charge in [-0.1, -0.05) is 23.7 Å². The third-order valence-electron chi connectivity index (χ3n) is 6.29. The maximum atomic E-state index is 12.9. The van der Waals surface area contributed by atoms with Crippen LogP contribution in [0.2, 0.25) is 5.15 Å². The summed E-state index contributed by atoms with van der Waals surface area (Å²) in [6, 6.07) is 5.77. The van der Waals surface area contributed by atoms with Gasteiger partial charge in [-0.05, 0) is 70.9 Å². The number of nitrogens with zero attached hydrogens (tertiary/aromatic N) is 4. The number of alkyl halides is 3. The van der Waals surface area contributed by atoms with Gasteiger partial charge in [0.1, 0.15) is 23.3 Å². The molecule has 1 N–H and O–H groups in total. The lowest BCUT2D eigenvalue weighted by Gasteiger charge is -2.30. The van der Waals surface area contributed by atoms with Crippen LogP contribution in [0, 0.1) is 5.92 Å². The molecular weight excluding hydrogens is 551 g/mol. The number of hydrogen-bond acceptors (Lipinski definition) is 7. The first kappa shape index (κ1) is 29.4. The summed E-state index contributed by atoms with van der Waals surface area (Å²) in [4.78, 5) is 20.3. The summed E-state index contributed by atoms with van der Waals surface area (Å²) in [6.07, 6.45) is 3.34. The number of alkyl carbamates (subject to hydrolysis) is 1. The van der Waals surface area contributed by atoms with Crippen LogP contribution in [0.3, 0.4) is 0 Å². The monoisotopic (exact) mass is 581 g/mol. The Bertz CT molecular complexity index is 1300. The molecule has 0 atom stereocenters. The maximum Gasteiger partial charge on any atom is 0.573 e. The van der Waals surface area contributed by atoms with Crippen molar-refractivity contribution in [3.8, 4) is 28.4 Å². The third-order valence-corrected chi connectivity index (χ3v) is 6.56. The lowest BCUT2D eigenvalue weighted by atomic mass is 9.84. The number of carbonyl (C=O) groups excluding carboxylic acids is 1. The second kappa shape index (κ2) is 12.3. The van der Waals surface area contributed by atoms with Gasteiger partial charge in [0.25, 0.3) is 0 Å². The fourth-order valence-corrected chi connectivity index (χ4v) is 4.71. The van der Waals surface area contributed by atoms with Crippen molar-refractivity contribution < 1.29 is 32.2 Å². The zero-order chi connectivity index (χ0) is 28.9. The molecule has 1 aliphatic rings. The van der Waals surface area contributed by atoms with Crippen LogP contribution in [0.15, 0.2) is 43.0 Å². The van der Waals surface area contributed by atoms with E-state index in [0.29, 0.717) is 23.8 Å². The summed E-state index contributed by atoms with van der Waals surface area (Å²) in [5.74, 6) is 0.290. The normalized spacial score (nSPS) is 17.8. The van der Waals surface area contributed by atoms with Gasteiger partial charge >= 0.3 is 12.5 Å². The number of rotatable bonds is 8. The van der Waals surface area contributed by atoms with Gasteiger partial charge in [0.05, 0.1) is 12.8 Å². The molecular formula is C27H31ClF3N5O4. The molecule has 1 saturated carbocycles. The van der Waals surface area contributed by atoms with E-state index >= 15 is 0 Å². The number of halogens is 4. The van der Waals surface area contributed by atoms with Crippen LogP contribution >= 0.6 is 11.6 Å². The number of benzene rings is 1. The average Bonchev–Trinajstić information content (AvgIpc) is 3.34. The van der Waals surface area contributed by atoms with Crippen LogP contribution in [-0.4, -0.2) is 50.5 Å². The first-order valence-corrected chi connectivity index (χ1v) is 13.3. The molecule has 0 bridgehead atoms. The van der Waals surface area contributed by atoms with Crippen molar-refractivity contribution in [1.29, 1.82) is 0 Å². The lowest BCUT2D eigenvalue weighted by molar-refractivity contribution is -0.274. The summed E-state index contributed by atoms with van der Waals surface area (Å²) in [6.45, 7) is 5.86. The molecule has 0 radical (unpaired) electrons.